The van der Waals surface area contributed by atoms with Crippen molar-refractivity contribution in [3.63, 3.8) is 0 Å². The number of nitrogens with one attached hydrogen (secondary N) is 1. The Kier molecular flexibility index (Phi) is 5.73. The van der Waals surface area contributed by atoms with Crippen LogP contribution in [0.3, 0.4) is 0 Å². The molecular weight excluding hydrogens is 326 g/mol. The van der Waals surface area contributed by atoms with Gasteiger partial charge in [-0.15, -0.1) is 10.2 Å². The molecule has 0 saturated heterocycles. The summed E-state index contributed by atoms with van der Waals surface area (Å²) in [6.45, 7) is 4.15. The van der Waals surface area contributed by atoms with Crippen LogP contribution in [0.1, 0.15) is 36.9 Å². The predicted octanol–water partition coefficient (Wildman–Crippen LogP) is 3.31. The molecule has 1 aromatic heterocycles. The van der Waals surface area contributed by atoms with Gasteiger partial charge in [-0.1, -0.05) is 67.9 Å². The zero-order valence-corrected chi connectivity index (χ0v) is 15.1. The van der Waals surface area contributed by atoms with Crippen molar-refractivity contribution in [2.45, 2.75) is 39.3 Å². The lowest BCUT2D eigenvalue weighted by atomic mass is 10.0. The maximum Gasteiger partial charge on any atom is 0.244 e. The molecule has 0 bridgehead atoms. The van der Waals surface area contributed by atoms with Crippen LogP contribution in [0, 0.1) is 6.92 Å². The molecule has 1 N–H and O–H groups in total. The first-order chi connectivity index (χ1) is 12.7. The van der Waals surface area contributed by atoms with Crippen LogP contribution >= 0.6 is 0 Å². The fourth-order valence-electron chi connectivity index (χ4n) is 2.91. The number of hydrogen-bond donors (Lipinski definition) is 1. The highest BCUT2D eigenvalue weighted by molar-refractivity contribution is 5.76. The van der Waals surface area contributed by atoms with Crippen molar-refractivity contribution in [3.05, 3.63) is 65.7 Å². The third-order valence-electron chi connectivity index (χ3n) is 4.24. The Hall–Kier alpha value is -3.02. The predicted molar refractivity (Wildman–Crippen MR) is 100 cm³/mol. The summed E-state index contributed by atoms with van der Waals surface area (Å²) in [6, 6.07) is 17.8. The summed E-state index contributed by atoms with van der Waals surface area (Å²) < 4.78 is 0. The third-order valence-corrected chi connectivity index (χ3v) is 4.24. The summed E-state index contributed by atoms with van der Waals surface area (Å²) in [7, 11) is 0. The number of hydrogen-bond acceptors (Lipinski definition) is 4. The summed E-state index contributed by atoms with van der Waals surface area (Å²) in [5.41, 5.74) is 3.10. The Morgan fingerprint density at radius 2 is 1.85 bits per heavy atom. The van der Waals surface area contributed by atoms with Gasteiger partial charge in [0, 0.05) is 5.56 Å². The number of amides is 1. The van der Waals surface area contributed by atoms with E-state index < -0.39 is 0 Å². The zero-order valence-electron chi connectivity index (χ0n) is 15.1. The van der Waals surface area contributed by atoms with Gasteiger partial charge in [0.2, 0.25) is 11.7 Å². The summed E-state index contributed by atoms with van der Waals surface area (Å²) in [4.78, 5) is 13.8. The van der Waals surface area contributed by atoms with E-state index in [0.29, 0.717) is 5.82 Å². The third kappa shape index (κ3) is 4.33. The van der Waals surface area contributed by atoms with Crippen molar-refractivity contribution >= 4 is 5.91 Å². The first-order valence-electron chi connectivity index (χ1n) is 8.85. The van der Waals surface area contributed by atoms with Crippen LogP contribution < -0.4 is 5.32 Å². The van der Waals surface area contributed by atoms with Gasteiger partial charge in [0.05, 0.1) is 6.04 Å². The van der Waals surface area contributed by atoms with Crippen LogP contribution in [-0.4, -0.2) is 26.1 Å². The van der Waals surface area contributed by atoms with Gasteiger partial charge in [-0.3, -0.25) is 4.79 Å². The van der Waals surface area contributed by atoms with E-state index in [1.807, 2.05) is 61.5 Å². The van der Waals surface area contributed by atoms with Gasteiger partial charge in [0.25, 0.3) is 0 Å². The summed E-state index contributed by atoms with van der Waals surface area (Å²) >= 11 is 0. The molecule has 0 aliphatic heterocycles. The second-order valence-corrected chi connectivity index (χ2v) is 6.28. The lowest BCUT2D eigenvalue weighted by Crippen LogP contribution is -2.32. The van der Waals surface area contributed by atoms with Crippen LogP contribution in [0.25, 0.3) is 11.4 Å². The van der Waals surface area contributed by atoms with Crippen molar-refractivity contribution in [2.24, 2.45) is 0 Å². The highest BCUT2D eigenvalue weighted by Gasteiger charge is 2.15. The fraction of sp³-hybridized carbons (Fsp3) is 0.300. The Morgan fingerprint density at radius 1 is 1.12 bits per heavy atom. The Morgan fingerprint density at radius 3 is 2.58 bits per heavy atom. The van der Waals surface area contributed by atoms with E-state index in [2.05, 4.69) is 27.7 Å². The molecule has 6 heteroatoms. The maximum absolute atomic E-state index is 12.4. The Bertz CT molecular complexity index is 859. The van der Waals surface area contributed by atoms with Gasteiger partial charge in [-0.2, -0.15) is 4.80 Å². The number of aryl methyl sites for hydroxylation is 1. The summed E-state index contributed by atoms with van der Waals surface area (Å²) in [6.07, 6.45) is 1.87. The smallest absolute Gasteiger partial charge is 0.244 e. The van der Waals surface area contributed by atoms with Gasteiger partial charge in [-0.25, -0.2) is 0 Å². The van der Waals surface area contributed by atoms with E-state index in [-0.39, 0.29) is 18.5 Å². The molecule has 3 rings (SSSR count). The maximum atomic E-state index is 12.4. The first-order valence-corrected chi connectivity index (χ1v) is 8.85. The number of aromatic nitrogens is 4. The molecule has 2 aromatic carbocycles. The average Bonchev–Trinajstić information content (AvgIpc) is 3.10. The minimum absolute atomic E-state index is 0.00643. The minimum atomic E-state index is -0.124. The first kappa shape index (κ1) is 17.8. The Balaban J connectivity index is 1.67. The van der Waals surface area contributed by atoms with Gasteiger partial charge in [-0.05, 0) is 29.7 Å². The fourth-order valence-corrected chi connectivity index (χ4v) is 2.91. The molecule has 0 aliphatic carbocycles. The van der Waals surface area contributed by atoms with Gasteiger partial charge in [0.1, 0.15) is 6.54 Å². The van der Waals surface area contributed by atoms with Crippen molar-refractivity contribution in [1.29, 1.82) is 0 Å². The standard InChI is InChI=1S/C20H23N5O/c1-3-9-18(16-11-5-4-6-12-16)21-19(26)14-25-23-20(22-24-25)17-13-8-7-10-15(17)2/h4-8,10-13,18H,3,9,14H2,1-2H3,(H,21,26)/t18-/m1/s1. The van der Waals surface area contributed by atoms with E-state index in [0.717, 1.165) is 29.5 Å². The Labute approximate surface area is 153 Å². The molecule has 1 heterocycles. The van der Waals surface area contributed by atoms with E-state index in [1.165, 1.54) is 4.80 Å². The van der Waals surface area contributed by atoms with Crippen LogP contribution in [0.5, 0.6) is 0 Å². The van der Waals surface area contributed by atoms with Crippen LogP contribution in [0.15, 0.2) is 54.6 Å². The molecule has 0 aliphatic rings. The number of nitrogens with zero attached hydrogens (tertiary/aromatic N) is 4. The molecule has 0 radical (unpaired) electrons. The van der Waals surface area contributed by atoms with Crippen LogP contribution in [0.4, 0.5) is 0 Å². The molecule has 1 atom stereocenters. The number of carbonyl (C=O) groups excluding carboxylic acids is 1. The lowest BCUT2D eigenvalue weighted by Gasteiger charge is -2.18. The van der Waals surface area contributed by atoms with Crippen molar-refractivity contribution in [3.8, 4) is 11.4 Å². The topological polar surface area (TPSA) is 72.7 Å². The van der Waals surface area contributed by atoms with E-state index in [9.17, 15) is 4.79 Å². The normalized spacial score (nSPS) is 11.9. The molecule has 0 spiro atoms. The van der Waals surface area contributed by atoms with E-state index in [1.54, 1.807) is 0 Å². The molecule has 26 heavy (non-hydrogen) atoms. The quantitative estimate of drug-likeness (QED) is 0.710. The average molecular weight is 349 g/mol. The molecule has 1 amide bonds. The second kappa shape index (κ2) is 8.38. The molecule has 0 unspecified atom stereocenters. The zero-order chi connectivity index (χ0) is 18.4. The molecular formula is C20H23N5O. The van der Waals surface area contributed by atoms with Crippen molar-refractivity contribution in [1.82, 2.24) is 25.5 Å². The molecule has 3 aromatic rings. The van der Waals surface area contributed by atoms with Crippen LogP contribution in [-0.2, 0) is 11.3 Å². The molecule has 6 nitrogen and oxygen atoms in total. The highest BCUT2D eigenvalue weighted by Crippen LogP contribution is 2.19. The number of carbonyl (C=O) groups is 1. The van der Waals surface area contributed by atoms with Crippen molar-refractivity contribution < 1.29 is 4.79 Å². The van der Waals surface area contributed by atoms with E-state index in [4.69, 9.17) is 0 Å². The van der Waals surface area contributed by atoms with Crippen molar-refractivity contribution in [2.75, 3.05) is 0 Å². The largest absolute Gasteiger partial charge is 0.348 e. The summed E-state index contributed by atoms with van der Waals surface area (Å²) in [5, 5.41) is 15.5. The van der Waals surface area contributed by atoms with Crippen LogP contribution in [0.2, 0.25) is 0 Å². The van der Waals surface area contributed by atoms with Gasteiger partial charge in [0.15, 0.2) is 0 Å². The number of benzene rings is 2. The van der Waals surface area contributed by atoms with Gasteiger partial charge < -0.3 is 5.32 Å². The number of tetrazole rings is 1. The lowest BCUT2D eigenvalue weighted by molar-refractivity contribution is -0.122. The second-order valence-electron chi connectivity index (χ2n) is 6.28. The highest BCUT2D eigenvalue weighted by atomic mass is 16.2. The summed E-state index contributed by atoms with van der Waals surface area (Å²) in [5.74, 6) is 0.408. The van der Waals surface area contributed by atoms with E-state index >= 15 is 0 Å². The molecule has 0 saturated carbocycles. The number of rotatable bonds is 7. The molecule has 0 fully saturated rings. The monoisotopic (exact) mass is 349 g/mol. The van der Waals surface area contributed by atoms with Gasteiger partial charge >= 0.3 is 0 Å². The SMILES string of the molecule is CCC[C@@H](NC(=O)Cn1nnc(-c2ccccc2C)n1)c1ccccc1. The molecule has 134 valence electrons. The minimum Gasteiger partial charge on any atom is -0.348 e.